The van der Waals surface area contributed by atoms with Crippen LogP contribution in [-0.2, 0) is 9.53 Å². The van der Waals surface area contributed by atoms with Gasteiger partial charge in [-0.3, -0.25) is 4.79 Å². The molecule has 1 heterocycles. The highest BCUT2D eigenvalue weighted by Crippen LogP contribution is 2.22. The van der Waals surface area contributed by atoms with Gasteiger partial charge in [-0.1, -0.05) is 13.0 Å². The first kappa shape index (κ1) is 14.8. The average Bonchev–Trinajstić information content (AvgIpc) is 2.94. The predicted octanol–water partition coefficient (Wildman–Crippen LogP) is 1.92. The van der Waals surface area contributed by atoms with Crippen LogP contribution >= 0.6 is 0 Å². The number of anilines is 1. The molecule has 2 rings (SSSR count). The second kappa shape index (κ2) is 7.26. The van der Waals surface area contributed by atoms with E-state index in [-0.39, 0.29) is 12.0 Å². The molecule has 0 unspecified atom stereocenters. The summed E-state index contributed by atoms with van der Waals surface area (Å²) in [6.07, 6.45) is 2.12. The molecular weight excluding hydrogens is 256 g/mol. The van der Waals surface area contributed by atoms with E-state index < -0.39 is 6.10 Å². The quantitative estimate of drug-likeness (QED) is 0.833. The fourth-order valence-corrected chi connectivity index (χ4v) is 2.18. The van der Waals surface area contributed by atoms with Crippen LogP contribution in [-0.4, -0.2) is 31.3 Å². The fraction of sp³-hybridized carbons (Fsp3) is 0.533. The van der Waals surface area contributed by atoms with Crippen molar-refractivity contribution in [2.24, 2.45) is 5.73 Å². The number of benzene rings is 1. The van der Waals surface area contributed by atoms with Gasteiger partial charge in [0.05, 0.1) is 12.7 Å². The molecule has 3 N–H and O–H groups in total. The molecule has 1 aliphatic rings. The van der Waals surface area contributed by atoms with Crippen LogP contribution in [0.1, 0.15) is 26.2 Å². The lowest BCUT2D eigenvalue weighted by molar-refractivity contribution is -0.126. The van der Waals surface area contributed by atoms with Crippen LogP contribution < -0.4 is 15.8 Å². The van der Waals surface area contributed by atoms with Crippen molar-refractivity contribution in [3.63, 3.8) is 0 Å². The maximum Gasteiger partial charge on any atom is 0.253 e. The first-order valence-corrected chi connectivity index (χ1v) is 7.12. The lowest BCUT2D eigenvalue weighted by Gasteiger charge is -2.13. The zero-order valence-electron chi connectivity index (χ0n) is 11.8. The number of carbonyl (C=O) groups is 1. The van der Waals surface area contributed by atoms with E-state index in [1.54, 1.807) is 0 Å². The summed E-state index contributed by atoms with van der Waals surface area (Å²) in [6, 6.07) is 7.40. The lowest BCUT2D eigenvalue weighted by atomic mass is 10.2. The van der Waals surface area contributed by atoms with Gasteiger partial charge in [-0.15, -0.1) is 0 Å². The van der Waals surface area contributed by atoms with E-state index in [9.17, 15) is 4.79 Å². The van der Waals surface area contributed by atoms with Gasteiger partial charge in [-0.25, -0.2) is 0 Å². The van der Waals surface area contributed by atoms with Gasteiger partial charge in [0.2, 0.25) is 0 Å². The summed E-state index contributed by atoms with van der Waals surface area (Å²) in [5, 5.41) is 2.86. The Morgan fingerprint density at radius 2 is 2.35 bits per heavy atom. The van der Waals surface area contributed by atoms with E-state index in [0.717, 1.165) is 30.7 Å². The lowest BCUT2D eigenvalue weighted by Crippen LogP contribution is -2.29. The topological polar surface area (TPSA) is 73.6 Å². The Balaban J connectivity index is 1.91. The largest absolute Gasteiger partial charge is 0.494 e. The molecule has 0 aliphatic carbocycles. The van der Waals surface area contributed by atoms with E-state index in [1.165, 1.54) is 0 Å². The molecule has 0 spiro atoms. The number of ether oxygens (including phenoxy) is 2. The zero-order chi connectivity index (χ0) is 14.4. The van der Waals surface area contributed by atoms with E-state index in [1.807, 2.05) is 24.3 Å². The minimum Gasteiger partial charge on any atom is -0.494 e. The highest BCUT2D eigenvalue weighted by Gasteiger charge is 2.29. The highest BCUT2D eigenvalue weighted by atomic mass is 16.5. The van der Waals surface area contributed by atoms with Crippen molar-refractivity contribution >= 4 is 11.6 Å². The van der Waals surface area contributed by atoms with E-state index in [0.29, 0.717) is 13.2 Å². The van der Waals surface area contributed by atoms with Crippen molar-refractivity contribution in [1.82, 2.24) is 0 Å². The van der Waals surface area contributed by atoms with Crippen LogP contribution in [0.2, 0.25) is 0 Å². The van der Waals surface area contributed by atoms with Crippen LogP contribution in [0, 0.1) is 0 Å². The number of amides is 1. The molecule has 5 heteroatoms. The second-order valence-corrected chi connectivity index (χ2v) is 4.93. The van der Waals surface area contributed by atoms with Crippen molar-refractivity contribution in [2.75, 3.05) is 18.5 Å². The maximum absolute atomic E-state index is 12.1. The number of hydrogen-bond donors (Lipinski definition) is 2. The summed E-state index contributed by atoms with van der Waals surface area (Å²) >= 11 is 0. The van der Waals surface area contributed by atoms with Gasteiger partial charge >= 0.3 is 0 Å². The molecule has 0 aromatic heterocycles. The van der Waals surface area contributed by atoms with Gasteiger partial charge < -0.3 is 20.5 Å². The summed E-state index contributed by atoms with van der Waals surface area (Å²) in [4.78, 5) is 12.1. The summed E-state index contributed by atoms with van der Waals surface area (Å²) in [7, 11) is 0. The Hall–Kier alpha value is -1.59. The molecule has 20 heavy (non-hydrogen) atoms. The zero-order valence-corrected chi connectivity index (χ0v) is 11.8. The molecule has 1 fully saturated rings. The fourth-order valence-electron chi connectivity index (χ4n) is 2.18. The average molecular weight is 278 g/mol. The smallest absolute Gasteiger partial charge is 0.253 e. The SMILES string of the molecule is CCCOc1cccc(NC(=O)[C@@H]2CC[C@H](CN)O2)c1. The highest BCUT2D eigenvalue weighted by molar-refractivity contribution is 5.94. The molecule has 0 radical (unpaired) electrons. The van der Waals surface area contributed by atoms with Crippen LogP contribution in [0.5, 0.6) is 5.75 Å². The van der Waals surface area contributed by atoms with Crippen molar-refractivity contribution in [3.8, 4) is 5.75 Å². The van der Waals surface area contributed by atoms with Gasteiger partial charge in [0, 0.05) is 18.3 Å². The number of nitrogens with two attached hydrogens (primary N) is 1. The van der Waals surface area contributed by atoms with Gasteiger partial charge in [0.1, 0.15) is 11.9 Å². The second-order valence-electron chi connectivity index (χ2n) is 4.93. The molecule has 0 saturated carbocycles. The first-order valence-electron chi connectivity index (χ1n) is 7.12. The first-order chi connectivity index (χ1) is 9.72. The number of rotatable bonds is 6. The Kier molecular flexibility index (Phi) is 5.38. The van der Waals surface area contributed by atoms with Crippen molar-refractivity contribution in [2.45, 2.75) is 38.4 Å². The van der Waals surface area contributed by atoms with Crippen LogP contribution in [0.4, 0.5) is 5.69 Å². The van der Waals surface area contributed by atoms with Gasteiger partial charge in [-0.05, 0) is 31.4 Å². The number of nitrogens with one attached hydrogen (secondary N) is 1. The van der Waals surface area contributed by atoms with Crippen molar-refractivity contribution in [1.29, 1.82) is 0 Å². The predicted molar refractivity (Wildman–Crippen MR) is 77.8 cm³/mol. The van der Waals surface area contributed by atoms with E-state index in [2.05, 4.69) is 12.2 Å². The minimum atomic E-state index is -0.399. The molecular formula is C15H22N2O3. The molecule has 110 valence electrons. The Labute approximate surface area is 119 Å². The monoisotopic (exact) mass is 278 g/mol. The minimum absolute atomic E-state index is 0.00460. The molecule has 1 aromatic carbocycles. The summed E-state index contributed by atoms with van der Waals surface area (Å²) in [5.41, 5.74) is 6.27. The molecule has 1 amide bonds. The van der Waals surface area contributed by atoms with Crippen LogP contribution in [0.25, 0.3) is 0 Å². The van der Waals surface area contributed by atoms with Gasteiger partial charge in [-0.2, -0.15) is 0 Å². The summed E-state index contributed by atoms with van der Waals surface area (Å²) < 4.78 is 11.1. The third-order valence-corrected chi connectivity index (χ3v) is 3.24. The summed E-state index contributed by atoms with van der Waals surface area (Å²) in [6.45, 7) is 3.18. The molecule has 2 atom stereocenters. The normalized spacial score (nSPS) is 21.7. The van der Waals surface area contributed by atoms with E-state index >= 15 is 0 Å². The van der Waals surface area contributed by atoms with Gasteiger partial charge in [0.25, 0.3) is 5.91 Å². The Morgan fingerprint density at radius 3 is 3.05 bits per heavy atom. The standard InChI is InChI=1S/C15H22N2O3/c1-2-8-19-12-5-3-4-11(9-12)17-15(18)14-7-6-13(10-16)20-14/h3-5,9,13-14H,2,6-8,10,16H2,1H3,(H,17,18)/t13-,14+/m1/s1. The molecule has 5 nitrogen and oxygen atoms in total. The van der Waals surface area contributed by atoms with E-state index in [4.69, 9.17) is 15.2 Å². The number of carbonyl (C=O) groups excluding carboxylic acids is 1. The molecule has 1 aromatic rings. The van der Waals surface area contributed by atoms with Crippen molar-refractivity contribution in [3.05, 3.63) is 24.3 Å². The van der Waals surface area contributed by atoms with Gasteiger partial charge in [0.15, 0.2) is 0 Å². The third-order valence-electron chi connectivity index (χ3n) is 3.24. The Bertz CT molecular complexity index is 450. The third kappa shape index (κ3) is 3.95. The molecule has 1 aliphatic heterocycles. The summed E-state index contributed by atoms with van der Waals surface area (Å²) in [5.74, 6) is 0.644. The van der Waals surface area contributed by atoms with Crippen LogP contribution in [0.3, 0.4) is 0 Å². The van der Waals surface area contributed by atoms with Crippen LogP contribution in [0.15, 0.2) is 24.3 Å². The molecule has 0 bridgehead atoms. The Morgan fingerprint density at radius 1 is 1.50 bits per heavy atom. The maximum atomic E-state index is 12.1. The van der Waals surface area contributed by atoms with Crippen molar-refractivity contribution < 1.29 is 14.3 Å². The molecule has 1 saturated heterocycles. The number of hydrogen-bond acceptors (Lipinski definition) is 4.